The minimum atomic E-state index is -1.33. The van der Waals surface area contributed by atoms with E-state index in [1.807, 2.05) is 55.5 Å². The van der Waals surface area contributed by atoms with E-state index in [4.69, 9.17) is 9.47 Å². The van der Waals surface area contributed by atoms with Crippen LogP contribution < -0.4 is 0 Å². The Morgan fingerprint density at radius 1 is 1.02 bits per heavy atom. The Kier molecular flexibility index (Phi) is 7.89. The minimum absolute atomic E-state index is 0.0631. The standard InChI is InChI=1S/C31H39N5O6/c1-2-30-15-8-3-4-11-20-41-29(40)25(30)24-27(38)35(18-9-5-10-19-37)26-28(39)34(17-12-16-31(24,26)42-30)21-36-23-14-7-6-13-22(23)32-33-36/h6-8,12-16,24-26,37H,2-5,9-11,17-21H2,1H3/b15-8-/t24-,25+,26?,30-,31-/m0/s1. The second kappa shape index (κ2) is 11.6. The number of nitrogens with zero attached hydrogens (tertiary/aromatic N) is 5. The van der Waals surface area contributed by atoms with Gasteiger partial charge >= 0.3 is 5.97 Å². The lowest BCUT2D eigenvalue weighted by Gasteiger charge is -2.38. The summed E-state index contributed by atoms with van der Waals surface area (Å²) in [6.45, 7) is 3.06. The Balaban J connectivity index is 1.41. The van der Waals surface area contributed by atoms with Crippen molar-refractivity contribution < 1.29 is 29.0 Å². The molecule has 1 unspecified atom stereocenters. The molecule has 0 aliphatic carbocycles. The summed E-state index contributed by atoms with van der Waals surface area (Å²) in [6, 6.07) is 6.60. The third-order valence-electron chi connectivity index (χ3n) is 9.25. The van der Waals surface area contributed by atoms with E-state index >= 15 is 0 Å². The summed E-state index contributed by atoms with van der Waals surface area (Å²) in [7, 11) is 0. The Hall–Kier alpha value is -3.57. The zero-order valence-corrected chi connectivity index (χ0v) is 24.1. The van der Waals surface area contributed by atoms with Gasteiger partial charge in [-0.25, -0.2) is 4.68 Å². The van der Waals surface area contributed by atoms with Crippen LogP contribution in [0.15, 0.2) is 48.6 Å². The molecule has 0 radical (unpaired) electrons. The Morgan fingerprint density at radius 3 is 2.71 bits per heavy atom. The molecule has 11 heteroatoms. The van der Waals surface area contributed by atoms with Crippen LogP contribution in [-0.2, 0) is 30.5 Å². The van der Waals surface area contributed by atoms with Crippen molar-refractivity contribution in [3.63, 3.8) is 0 Å². The molecule has 224 valence electrons. The number of aliphatic hydroxyl groups is 1. The summed E-state index contributed by atoms with van der Waals surface area (Å²) in [4.78, 5) is 46.0. The van der Waals surface area contributed by atoms with E-state index in [1.54, 1.807) is 14.5 Å². The van der Waals surface area contributed by atoms with Crippen LogP contribution in [0.2, 0.25) is 0 Å². The average Bonchev–Trinajstić information content (AvgIpc) is 3.57. The molecule has 4 aliphatic rings. The van der Waals surface area contributed by atoms with E-state index in [1.165, 1.54) is 0 Å². The van der Waals surface area contributed by atoms with Crippen molar-refractivity contribution >= 4 is 28.8 Å². The summed E-state index contributed by atoms with van der Waals surface area (Å²) in [5, 5.41) is 17.8. The first-order valence-corrected chi connectivity index (χ1v) is 15.2. The molecule has 1 spiro atoms. The summed E-state index contributed by atoms with van der Waals surface area (Å²) in [5.41, 5.74) is -0.874. The lowest BCUT2D eigenvalue weighted by molar-refractivity contribution is -0.161. The number of rotatable bonds is 8. The van der Waals surface area contributed by atoms with E-state index in [9.17, 15) is 19.5 Å². The molecule has 0 bridgehead atoms. The molecular formula is C31H39N5O6. The molecule has 2 fully saturated rings. The number of likely N-dealkylation sites (tertiary alicyclic amines) is 1. The summed E-state index contributed by atoms with van der Waals surface area (Å²) < 4.78 is 14.4. The molecular weight excluding hydrogens is 538 g/mol. The number of fused-ring (bicyclic) bond motifs is 3. The van der Waals surface area contributed by atoms with Crippen molar-refractivity contribution in [3.05, 3.63) is 48.6 Å². The highest BCUT2D eigenvalue weighted by Gasteiger charge is 2.75. The molecule has 4 aliphatic heterocycles. The van der Waals surface area contributed by atoms with Crippen LogP contribution in [0, 0.1) is 11.8 Å². The third kappa shape index (κ3) is 4.63. The second-order valence-corrected chi connectivity index (χ2v) is 11.7. The first-order chi connectivity index (χ1) is 20.5. The lowest BCUT2D eigenvalue weighted by Crippen LogP contribution is -2.56. The number of cyclic esters (lactones) is 1. The molecule has 5 atom stereocenters. The molecule has 2 saturated heterocycles. The SMILES string of the molecule is CC[C@]12/C=C\CCCCOC(=O)[C@H]1[C@H]1C(=O)N(CCCCCO)C3C(=O)N(Cn4nnc5ccccc54)CC=C[C@@]31O2. The van der Waals surface area contributed by atoms with Gasteiger partial charge in [-0.15, -0.1) is 5.10 Å². The Labute approximate surface area is 245 Å². The van der Waals surface area contributed by atoms with Crippen molar-refractivity contribution in [1.29, 1.82) is 0 Å². The molecule has 1 aromatic carbocycles. The lowest BCUT2D eigenvalue weighted by atomic mass is 9.73. The Bertz CT molecular complexity index is 1410. The predicted molar refractivity (Wildman–Crippen MR) is 153 cm³/mol. The number of allylic oxidation sites excluding steroid dienone is 1. The topological polar surface area (TPSA) is 127 Å². The predicted octanol–water partition coefficient (Wildman–Crippen LogP) is 2.59. The van der Waals surface area contributed by atoms with Gasteiger partial charge < -0.3 is 24.4 Å². The van der Waals surface area contributed by atoms with Crippen molar-refractivity contribution in [2.45, 2.75) is 75.8 Å². The maximum absolute atomic E-state index is 14.6. The van der Waals surface area contributed by atoms with Gasteiger partial charge in [0.2, 0.25) is 5.91 Å². The second-order valence-electron chi connectivity index (χ2n) is 11.7. The van der Waals surface area contributed by atoms with Gasteiger partial charge in [-0.1, -0.05) is 48.6 Å². The van der Waals surface area contributed by atoms with Crippen molar-refractivity contribution in [3.8, 4) is 0 Å². The van der Waals surface area contributed by atoms with Crippen LogP contribution in [0.3, 0.4) is 0 Å². The number of para-hydroxylation sites is 1. The molecule has 6 rings (SSSR count). The van der Waals surface area contributed by atoms with Crippen molar-refractivity contribution in [2.24, 2.45) is 11.8 Å². The third-order valence-corrected chi connectivity index (χ3v) is 9.25. The fourth-order valence-electron chi connectivity index (χ4n) is 7.21. The van der Waals surface area contributed by atoms with Gasteiger partial charge in [-0.05, 0) is 57.1 Å². The van der Waals surface area contributed by atoms with Gasteiger partial charge in [-0.3, -0.25) is 14.4 Å². The quantitative estimate of drug-likeness (QED) is 0.288. The number of aliphatic hydroxyl groups excluding tert-OH is 1. The number of esters is 1. The number of hydrogen-bond donors (Lipinski definition) is 1. The van der Waals surface area contributed by atoms with E-state index in [2.05, 4.69) is 10.3 Å². The zero-order valence-electron chi connectivity index (χ0n) is 24.1. The van der Waals surface area contributed by atoms with Crippen LogP contribution >= 0.6 is 0 Å². The van der Waals surface area contributed by atoms with Crippen LogP contribution in [0.1, 0.15) is 51.9 Å². The van der Waals surface area contributed by atoms with Crippen LogP contribution in [0.25, 0.3) is 11.0 Å². The highest BCUT2D eigenvalue weighted by Crippen LogP contribution is 2.58. The summed E-state index contributed by atoms with van der Waals surface area (Å²) in [6.07, 6.45) is 12.5. The molecule has 2 amide bonds. The number of amides is 2. The minimum Gasteiger partial charge on any atom is -0.465 e. The number of carbonyl (C=O) groups is 3. The van der Waals surface area contributed by atoms with Crippen molar-refractivity contribution in [1.82, 2.24) is 24.8 Å². The summed E-state index contributed by atoms with van der Waals surface area (Å²) in [5.74, 6) is -2.75. The normalized spacial score (nSPS) is 32.0. The van der Waals surface area contributed by atoms with E-state index in [0.29, 0.717) is 38.8 Å². The number of hydrogen-bond acceptors (Lipinski definition) is 8. The first kappa shape index (κ1) is 28.5. The van der Waals surface area contributed by atoms with E-state index in [-0.39, 0.29) is 31.6 Å². The number of benzene rings is 1. The monoisotopic (exact) mass is 577 g/mol. The highest BCUT2D eigenvalue weighted by atomic mass is 16.6. The van der Waals surface area contributed by atoms with Gasteiger partial charge in [0.15, 0.2) is 0 Å². The number of unbranched alkanes of at least 4 members (excludes halogenated alkanes) is 2. The fourth-order valence-corrected chi connectivity index (χ4v) is 7.21. The number of carbonyl (C=O) groups excluding carboxylic acids is 3. The van der Waals surface area contributed by atoms with Gasteiger partial charge in [0, 0.05) is 19.7 Å². The molecule has 11 nitrogen and oxygen atoms in total. The Morgan fingerprint density at radius 2 is 1.88 bits per heavy atom. The molecule has 2 aromatic rings. The maximum Gasteiger partial charge on any atom is 0.313 e. The van der Waals surface area contributed by atoms with Gasteiger partial charge in [0.1, 0.15) is 35.3 Å². The molecule has 1 aromatic heterocycles. The van der Waals surface area contributed by atoms with Gasteiger partial charge in [0.05, 0.1) is 18.0 Å². The fraction of sp³-hybridized carbons (Fsp3) is 0.581. The molecule has 5 heterocycles. The average molecular weight is 578 g/mol. The number of aromatic nitrogens is 3. The van der Waals surface area contributed by atoms with Crippen LogP contribution in [0.5, 0.6) is 0 Å². The van der Waals surface area contributed by atoms with Gasteiger partial charge in [0.25, 0.3) is 5.91 Å². The maximum atomic E-state index is 14.6. The van der Waals surface area contributed by atoms with E-state index < -0.39 is 35.0 Å². The summed E-state index contributed by atoms with van der Waals surface area (Å²) >= 11 is 0. The molecule has 0 saturated carbocycles. The largest absolute Gasteiger partial charge is 0.465 e. The van der Waals surface area contributed by atoms with Crippen molar-refractivity contribution in [2.75, 3.05) is 26.3 Å². The zero-order chi connectivity index (χ0) is 29.3. The first-order valence-electron chi connectivity index (χ1n) is 15.2. The number of ether oxygens (including phenoxy) is 2. The highest BCUT2D eigenvalue weighted by molar-refractivity contribution is 5.99. The van der Waals surface area contributed by atoms with Crippen LogP contribution in [0.4, 0.5) is 0 Å². The molecule has 42 heavy (non-hydrogen) atoms. The smallest absolute Gasteiger partial charge is 0.313 e. The van der Waals surface area contributed by atoms with E-state index in [0.717, 1.165) is 30.3 Å². The molecule has 1 N–H and O–H groups in total. The van der Waals surface area contributed by atoms with Crippen LogP contribution in [-0.4, -0.2) is 91.2 Å². The van der Waals surface area contributed by atoms with Gasteiger partial charge in [-0.2, -0.15) is 0 Å².